The third-order valence-electron chi connectivity index (χ3n) is 6.87. The molecule has 3 aromatic rings. The molecule has 0 aliphatic carbocycles. The zero-order chi connectivity index (χ0) is 24.5. The van der Waals surface area contributed by atoms with E-state index in [1.807, 2.05) is 48.7 Å². The number of hydrogen-bond acceptors (Lipinski definition) is 5. The van der Waals surface area contributed by atoms with Gasteiger partial charge < -0.3 is 24.7 Å². The maximum Gasteiger partial charge on any atom is 0.325 e. The van der Waals surface area contributed by atoms with Gasteiger partial charge in [0.2, 0.25) is 5.91 Å². The smallest absolute Gasteiger partial charge is 0.325 e. The summed E-state index contributed by atoms with van der Waals surface area (Å²) in [5.41, 5.74) is 2.77. The fourth-order valence-electron chi connectivity index (χ4n) is 5.10. The molecular weight excluding hydrogens is 448 g/mol. The first-order valence-corrected chi connectivity index (χ1v) is 11.7. The van der Waals surface area contributed by atoms with Crippen LogP contribution in [0.4, 0.5) is 4.79 Å². The monoisotopic (exact) mass is 476 g/mol. The van der Waals surface area contributed by atoms with Crippen molar-refractivity contribution in [2.75, 3.05) is 27.3 Å². The van der Waals surface area contributed by atoms with Gasteiger partial charge in [-0.05, 0) is 42.7 Å². The van der Waals surface area contributed by atoms with E-state index >= 15 is 0 Å². The lowest BCUT2D eigenvalue weighted by Gasteiger charge is -2.28. The number of amides is 4. The predicted octanol–water partition coefficient (Wildman–Crippen LogP) is 3.01. The molecule has 0 unspecified atom stereocenters. The van der Waals surface area contributed by atoms with Gasteiger partial charge in [-0.3, -0.25) is 14.5 Å². The summed E-state index contributed by atoms with van der Waals surface area (Å²) >= 11 is 0. The summed E-state index contributed by atoms with van der Waals surface area (Å²) in [6.45, 7) is 0.254. The molecule has 0 radical (unpaired) electrons. The van der Waals surface area contributed by atoms with Crippen LogP contribution >= 0.6 is 0 Å². The molecule has 5 rings (SSSR count). The second-order valence-electron chi connectivity index (χ2n) is 8.84. The minimum atomic E-state index is -0.706. The molecule has 35 heavy (non-hydrogen) atoms. The highest BCUT2D eigenvalue weighted by Crippen LogP contribution is 2.39. The van der Waals surface area contributed by atoms with Crippen molar-refractivity contribution in [2.24, 2.45) is 0 Å². The fourth-order valence-corrected chi connectivity index (χ4v) is 5.10. The molecule has 2 fully saturated rings. The number of rotatable bonds is 7. The van der Waals surface area contributed by atoms with Gasteiger partial charge in [-0.1, -0.05) is 18.2 Å². The van der Waals surface area contributed by atoms with Crippen molar-refractivity contribution < 1.29 is 23.9 Å². The Hall–Kier alpha value is -4.01. The van der Waals surface area contributed by atoms with Crippen LogP contribution in [0.3, 0.4) is 0 Å². The molecule has 2 aromatic carbocycles. The third kappa shape index (κ3) is 4.18. The van der Waals surface area contributed by atoms with E-state index < -0.39 is 12.1 Å². The lowest BCUT2D eigenvalue weighted by atomic mass is 10.0. The summed E-state index contributed by atoms with van der Waals surface area (Å²) in [6, 6.07) is 11.9. The molecule has 4 amide bonds. The van der Waals surface area contributed by atoms with Crippen LogP contribution in [0.25, 0.3) is 10.9 Å². The van der Waals surface area contributed by atoms with E-state index in [1.54, 1.807) is 19.1 Å². The molecule has 0 saturated carbocycles. The topological polar surface area (TPSA) is 104 Å². The Bertz CT molecular complexity index is 1290. The number of para-hydroxylation sites is 1. The number of aromatic nitrogens is 1. The van der Waals surface area contributed by atoms with Gasteiger partial charge >= 0.3 is 6.03 Å². The summed E-state index contributed by atoms with van der Waals surface area (Å²) in [5, 5.41) is 3.76. The SMILES string of the molecule is COc1ccc(OC)c([C@H]2CCCN2C(=O)CN2C(=O)N[C@@H](Cc3c[nH]c4ccccc34)C2=O)c1. The number of urea groups is 1. The summed E-state index contributed by atoms with van der Waals surface area (Å²) in [6.07, 6.45) is 3.79. The van der Waals surface area contributed by atoms with Gasteiger partial charge in [0.1, 0.15) is 24.1 Å². The summed E-state index contributed by atoms with van der Waals surface area (Å²) in [7, 11) is 3.18. The second kappa shape index (κ2) is 9.32. The maximum atomic E-state index is 13.3. The highest BCUT2D eigenvalue weighted by molar-refractivity contribution is 6.06. The number of fused-ring (bicyclic) bond motifs is 1. The van der Waals surface area contributed by atoms with Gasteiger partial charge in [-0.2, -0.15) is 0 Å². The lowest BCUT2D eigenvalue weighted by molar-refractivity contribution is -0.138. The summed E-state index contributed by atoms with van der Waals surface area (Å²) in [5.74, 6) is 0.690. The van der Waals surface area contributed by atoms with Gasteiger partial charge in [0.15, 0.2) is 0 Å². The summed E-state index contributed by atoms with van der Waals surface area (Å²) < 4.78 is 10.9. The molecule has 2 aliphatic rings. The Morgan fingerprint density at radius 2 is 1.94 bits per heavy atom. The number of carbonyl (C=O) groups excluding carboxylic acids is 3. The van der Waals surface area contributed by atoms with E-state index in [9.17, 15) is 14.4 Å². The maximum absolute atomic E-state index is 13.3. The molecule has 1 aromatic heterocycles. The largest absolute Gasteiger partial charge is 0.497 e. The zero-order valence-corrected chi connectivity index (χ0v) is 19.7. The number of hydrogen-bond donors (Lipinski definition) is 2. The molecule has 2 atom stereocenters. The van der Waals surface area contributed by atoms with Gasteiger partial charge in [-0.25, -0.2) is 4.79 Å². The van der Waals surface area contributed by atoms with Crippen molar-refractivity contribution in [3.8, 4) is 11.5 Å². The number of H-pyrrole nitrogens is 1. The number of aromatic amines is 1. The van der Waals surface area contributed by atoms with Crippen LogP contribution in [-0.4, -0.2) is 66.0 Å². The number of methoxy groups -OCH3 is 2. The van der Waals surface area contributed by atoms with E-state index in [4.69, 9.17) is 9.47 Å². The Kier molecular flexibility index (Phi) is 6.07. The highest BCUT2D eigenvalue weighted by Gasteiger charge is 2.41. The van der Waals surface area contributed by atoms with Gasteiger partial charge in [-0.15, -0.1) is 0 Å². The van der Waals surface area contributed by atoms with E-state index in [0.29, 0.717) is 24.5 Å². The van der Waals surface area contributed by atoms with Crippen molar-refractivity contribution in [1.29, 1.82) is 0 Å². The quantitative estimate of drug-likeness (QED) is 0.510. The van der Waals surface area contributed by atoms with Crippen molar-refractivity contribution in [3.63, 3.8) is 0 Å². The van der Waals surface area contributed by atoms with Crippen molar-refractivity contribution >= 4 is 28.7 Å². The highest BCUT2D eigenvalue weighted by atomic mass is 16.5. The Labute approximate surface area is 203 Å². The van der Waals surface area contributed by atoms with E-state index in [0.717, 1.165) is 39.8 Å². The number of ether oxygens (including phenoxy) is 2. The number of benzene rings is 2. The van der Waals surface area contributed by atoms with Crippen LogP contribution in [0.15, 0.2) is 48.7 Å². The molecular formula is C26H28N4O5. The van der Waals surface area contributed by atoms with Crippen LogP contribution < -0.4 is 14.8 Å². The normalized spacial score (nSPS) is 19.9. The molecule has 9 nitrogen and oxygen atoms in total. The van der Waals surface area contributed by atoms with Gasteiger partial charge in [0.25, 0.3) is 5.91 Å². The molecule has 0 bridgehead atoms. The predicted molar refractivity (Wildman–Crippen MR) is 129 cm³/mol. The Balaban J connectivity index is 1.30. The lowest BCUT2D eigenvalue weighted by Crippen LogP contribution is -2.43. The molecule has 2 N–H and O–H groups in total. The zero-order valence-electron chi connectivity index (χ0n) is 19.7. The molecule has 2 saturated heterocycles. The van der Waals surface area contributed by atoms with Crippen molar-refractivity contribution in [2.45, 2.75) is 31.3 Å². The number of nitrogens with zero attached hydrogens (tertiary/aromatic N) is 2. The van der Waals surface area contributed by atoms with Gasteiger partial charge in [0, 0.05) is 35.6 Å². The van der Waals surface area contributed by atoms with Crippen molar-refractivity contribution in [1.82, 2.24) is 20.1 Å². The number of likely N-dealkylation sites (tertiary alicyclic amines) is 1. The van der Waals surface area contributed by atoms with Crippen LogP contribution in [0.2, 0.25) is 0 Å². The second-order valence-corrected chi connectivity index (χ2v) is 8.84. The van der Waals surface area contributed by atoms with Crippen LogP contribution in [-0.2, 0) is 16.0 Å². The number of carbonyl (C=O) groups is 3. The molecule has 2 aliphatic heterocycles. The van der Waals surface area contributed by atoms with Gasteiger partial charge in [0.05, 0.1) is 20.3 Å². The molecule has 3 heterocycles. The third-order valence-corrected chi connectivity index (χ3v) is 6.87. The first kappa shape index (κ1) is 22.8. The standard InChI is InChI=1S/C26H28N4O5/c1-34-17-9-10-23(35-2)19(13-17)22-8-5-11-29(22)24(31)15-30-25(32)21(28-26(30)33)12-16-14-27-20-7-4-3-6-18(16)20/h3-4,6-7,9-10,13-14,21-22,27H,5,8,11-12,15H2,1-2H3,(H,28,33)/t21-,22+/m0/s1. The fraction of sp³-hybridized carbons (Fsp3) is 0.346. The minimum Gasteiger partial charge on any atom is -0.497 e. The van der Waals surface area contributed by atoms with E-state index in [-0.39, 0.29) is 24.4 Å². The average Bonchev–Trinajstić information content (AvgIpc) is 3.59. The van der Waals surface area contributed by atoms with Crippen molar-refractivity contribution in [3.05, 3.63) is 59.8 Å². The van der Waals surface area contributed by atoms with E-state index in [2.05, 4.69) is 10.3 Å². The van der Waals surface area contributed by atoms with Crippen LogP contribution in [0.5, 0.6) is 11.5 Å². The van der Waals surface area contributed by atoms with Crippen LogP contribution in [0, 0.1) is 0 Å². The molecule has 0 spiro atoms. The van der Waals surface area contributed by atoms with E-state index in [1.165, 1.54) is 0 Å². The summed E-state index contributed by atoms with van der Waals surface area (Å²) in [4.78, 5) is 45.0. The number of imide groups is 1. The molecule has 9 heteroatoms. The number of nitrogens with one attached hydrogen (secondary N) is 2. The minimum absolute atomic E-state index is 0.213. The average molecular weight is 477 g/mol. The Morgan fingerprint density at radius 3 is 2.74 bits per heavy atom. The first-order valence-electron chi connectivity index (χ1n) is 11.7. The Morgan fingerprint density at radius 1 is 1.11 bits per heavy atom. The molecule has 182 valence electrons. The first-order chi connectivity index (χ1) is 17.0. The van der Waals surface area contributed by atoms with Crippen LogP contribution in [0.1, 0.15) is 30.0 Å².